The van der Waals surface area contributed by atoms with Gasteiger partial charge in [-0.25, -0.2) is 12.7 Å². The summed E-state index contributed by atoms with van der Waals surface area (Å²) in [5, 5.41) is 3.01. The van der Waals surface area contributed by atoms with E-state index in [1.165, 1.54) is 39.4 Å². The Morgan fingerprint density at radius 3 is 2.50 bits per heavy atom. The number of ether oxygens (including phenoxy) is 2. The molecule has 0 aliphatic rings. The minimum Gasteiger partial charge on any atom is -0.493 e. The lowest BCUT2D eigenvalue weighted by Gasteiger charge is -2.15. The maximum absolute atomic E-state index is 12.3. The molecule has 30 heavy (non-hydrogen) atoms. The summed E-state index contributed by atoms with van der Waals surface area (Å²) in [6.07, 6.45) is 2.82. The van der Waals surface area contributed by atoms with E-state index in [9.17, 15) is 13.2 Å². The number of halogens is 1. The number of amides is 1. The van der Waals surface area contributed by atoms with Gasteiger partial charge in [-0.05, 0) is 55.8 Å². The summed E-state index contributed by atoms with van der Waals surface area (Å²) in [5.74, 6) is 0.472. The van der Waals surface area contributed by atoms with Gasteiger partial charge in [0.2, 0.25) is 15.9 Å². The second kappa shape index (κ2) is 9.97. The van der Waals surface area contributed by atoms with Crippen LogP contribution in [0.15, 0.2) is 47.4 Å². The van der Waals surface area contributed by atoms with Gasteiger partial charge < -0.3 is 14.8 Å². The first-order valence-corrected chi connectivity index (χ1v) is 10.9. The Morgan fingerprint density at radius 1 is 1.20 bits per heavy atom. The first-order chi connectivity index (χ1) is 14.0. The van der Waals surface area contributed by atoms with Crippen LogP contribution in [0, 0.1) is 0 Å². The normalized spacial score (nSPS) is 11.9. The minimum absolute atomic E-state index is 0.0735. The molecule has 0 saturated heterocycles. The highest BCUT2D eigenvalue weighted by molar-refractivity contribution is 7.89. The van der Waals surface area contributed by atoms with E-state index in [2.05, 4.69) is 5.32 Å². The van der Waals surface area contributed by atoms with Crippen LogP contribution in [0.25, 0.3) is 6.08 Å². The molecule has 2 aromatic rings. The van der Waals surface area contributed by atoms with E-state index < -0.39 is 15.9 Å². The summed E-state index contributed by atoms with van der Waals surface area (Å²) in [5.41, 5.74) is 1.01. The molecule has 1 amide bonds. The molecule has 0 atom stereocenters. The van der Waals surface area contributed by atoms with Crippen LogP contribution < -0.4 is 14.8 Å². The van der Waals surface area contributed by atoms with Gasteiger partial charge >= 0.3 is 0 Å². The van der Waals surface area contributed by atoms with E-state index in [0.717, 1.165) is 4.31 Å². The van der Waals surface area contributed by atoms with Crippen LogP contribution in [-0.2, 0) is 14.8 Å². The molecule has 1 N–H and O–H groups in total. The van der Waals surface area contributed by atoms with Crippen molar-refractivity contribution in [1.82, 2.24) is 4.31 Å². The van der Waals surface area contributed by atoms with Gasteiger partial charge in [0.15, 0.2) is 11.5 Å². The third kappa shape index (κ3) is 5.98. The number of methoxy groups -OCH3 is 1. The number of nitrogens with zero attached hydrogens (tertiary/aromatic N) is 1. The van der Waals surface area contributed by atoms with E-state index in [1.807, 2.05) is 13.8 Å². The molecule has 9 heteroatoms. The predicted octanol–water partition coefficient (Wildman–Crippen LogP) is 4.04. The Morgan fingerprint density at radius 2 is 1.90 bits per heavy atom. The van der Waals surface area contributed by atoms with Crippen LogP contribution in [0.2, 0.25) is 5.02 Å². The smallest absolute Gasteiger partial charge is 0.248 e. The number of carbonyl (C=O) groups excluding carboxylic acids is 1. The summed E-state index contributed by atoms with van der Waals surface area (Å²) in [7, 11) is 0.805. The van der Waals surface area contributed by atoms with Crippen molar-refractivity contribution in [1.29, 1.82) is 0 Å². The lowest BCUT2D eigenvalue weighted by molar-refractivity contribution is -0.111. The van der Waals surface area contributed by atoms with E-state index in [4.69, 9.17) is 21.1 Å². The zero-order valence-electron chi connectivity index (χ0n) is 17.5. The molecule has 2 aromatic carbocycles. The van der Waals surface area contributed by atoms with Crippen LogP contribution in [0.5, 0.6) is 11.5 Å². The van der Waals surface area contributed by atoms with E-state index in [-0.39, 0.29) is 11.0 Å². The molecule has 7 nitrogen and oxygen atoms in total. The zero-order chi connectivity index (χ0) is 22.5. The summed E-state index contributed by atoms with van der Waals surface area (Å²) < 4.78 is 36.6. The molecule has 2 rings (SSSR count). The molecule has 0 radical (unpaired) electrons. The highest BCUT2D eigenvalue weighted by Gasteiger charge is 2.17. The topological polar surface area (TPSA) is 84.9 Å². The highest BCUT2D eigenvalue weighted by atomic mass is 35.5. The number of hydrogen-bond acceptors (Lipinski definition) is 5. The SMILES string of the molecule is COc1cc(/C=C/C(=O)Nc2cccc(S(=O)(=O)N(C)C)c2)cc(Cl)c1OC(C)C. The molecule has 162 valence electrons. The number of anilines is 1. The average molecular weight is 453 g/mol. The fourth-order valence-corrected chi connectivity index (χ4v) is 3.70. The molecule has 0 aliphatic carbocycles. The molecular weight excluding hydrogens is 428 g/mol. The van der Waals surface area contributed by atoms with E-state index >= 15 is 0 Å². The van der Waals surface area contributed by atoms with Crippen molar-refractivity contribution in [3.63, 3.8) is 0 Å². The van der Waals surface area contributed by atoms with Crippen molar-refractivity contribution < 1.29 is 22.7 Å². The lowest BCUT2D eigenvalue weighted by Crippen LogP contribution is -2.22. The third-order valence-electron chi connectivity index (χ3n) is 3.91. The van der Waals surface area contributed by atoms with Crippen molar-refractivity contribution in [2.45, 2.75) is 24.8 Å². The number of nitrogens with one attached hydrogen (secondary N) is 1. The van der Waals surface area contributed by atoms with Gasteiger partial charge in [-0.15, -0.1) is 0 Å². The standard InChI is InChI=1S/C21H25ClN2O5S/c1-14(2)29-21-18(22)11-15(12-19(21)28-5)9-10-20(25)23-16-7-6-8-17(13-16)30(26,27)24(3)4/h6-14H,1-5H3,(H,23,25)/b10-9+. The Bertz CT molecular complexity index is 1050. The maximum atomic E-state index is 12.3. The Kier molecular flexibility index (Phi) is 7.89. The van der Waals surface area contributed by atoms with Crippen molar-refractivity contribution in [3.05, 3.63) is 53.1 Å². The van der Waals surface area contributed by atoms with Crippen LogP contribution in [0.1, 0.15) is 19.4 Å². The van der Waals surface area contributed by atoms with Crippen LogP contribution in [0.3, 0.4) is 0 Å². The Balaban J connectivity index is 2.18. The molecule has 0 aromatic heterocycles. The van der Waals surface area contributed by atoms with Gasteiger partial charge in [-0.3, -0.25) is 4.79 Å². The maximum Gasteiger partial charge on any atom is 0.248 e. The third-order valence-corrected chi connectivity index (χ3v) is 6.00. The van der Waals surface area contributed by atoms with Gasteiger partial charge in [-0.1, -0.05) is 17.7 Å². The molecule has 0 unspecified atom stereocenters. The first-order valence-electron chi connectivity index (χ1n) is 9.10. The highest BCUT2D eigenvalue weighted by Crippen LogP contribution is 2.37. The molecule has 0 heterocycles. The van der Waals surface area contributed by atoms with Gasteiger partial charge in [0.25, 0.3) is 0 Å². The first kappa shape index (κ1) is 23.7. The number of hydrogen-bond donors (Lipinski definition) is 1. The van der Waals surface area contributed by atoms with Crippen molar-refractivity contribution in [2.75, 3.05) is 26.5 Å². The van der Waals surface area contributed by atoms with Gasteiger partial charge in [0, 0.05) is 25.9 Å². The molecule has 0 fully saturated rings. The summed E-state index contributed by atoms with van der Waals surface area (Å²) in [6.45, 7) is 3.76. The summed E-state index contributed by atoms with van der Waals surface area (Å²) in [4.78, 5) is 12.4. The van der Waals surface area contributed by atoms with Crippen molar-refractivity contribution in [2.24, 2.45) is 0 Å². The van der Waals surface area contributed by atoms with Crippen LogP contribution >= 0.6 is 11.6 Å². The van der Waals surface area contributed by atoms with Crippen molar-refractivity contribution in [3.8, 4) is 11.5 Å². The number of sulfonamides is 1. The fourth-order valence-electron chi connectivity index (χ4n) is 2.49. The predicted molar refractivity (Wildman–Crippen MR) is 119 cm³/mol. The number of benzene rings is 2. The number of rotatable bonds is 8. The monoisotopic (exact) mass is 452 g/mol. The second-order valence-electron chi connectivity index (χ2n) is 6.84. The largest absolute Gasteiger partial charge is 0.493 e. The quantitative estimate of drug-likeness (QED) is 0.611. The minimum atomic E-state index is -3.59. The molecule has 0 bridgehead atoms. The Hall–Kier alpha value is -2.55. The average Bonchev–Trinajstić information content (AvgIpc) is 2.67. The number of carbonyl (C=O) groups is 1. The second-order valence-corrected chi connectivity index (χ2v) is 9.40. The lowest BCUT2D eigenvalue weighted by atomic mass is 10.1. The van der Waals surface area contributed by atoms with Gasteiger partial charge in [0.1, 0.15) is 0 Å². The van der Waals surface area contributed by atoms with Gasteiger partial charge in [0.05, 0.1) is 23.1 Å². The molecular formula is C21H25ClN2O5S. The fraction of sp³-hybridized carbons (Fsp3) is 0.286. The van der Waals surface area contributed by atoms with Gasteiger partial charge in [-0.2, -0.15) is 0 Å². The summed E-state index contributed by atoms with van der Waals surface area (Å²) >= 11 is 6.29. The van der Waals surface area contributed by atoms with Crippen LogP contribution in [-0.4, -0.2) is 45.9 Å². The molecule has 0 aliphatic heterocycles. The van der Waals surface area contributed by atoms with E-state index in [0.29, 0.717) is 27.8 Å². The molecule has 0 spiro atoms. The Labute approximate surface area is 182 Å². The van der Waals surface area contributed by atoms with Crippen molar-refractivity contribution >= 4 is 39.3 Å². The molecule has 0 saturated carbocycles. The summed E-state index contributed by atoms with van der Waals surface area (Å²) in [6, 6.07) is 9.41. The van der Waals surface area contributed by atoms with E-state index in [1.54, 1.807) is 30.3 Å². The van der Waals surface area contributed by atoms with Crippen LogP contribution in [0.4, 0.5) is 5.69 Å². The zero-order valence-corrected chi connectivity index (χ0v) is 19.0.